The van der Waals surface area contributed by atoms with Gasteiger partial charge in [-0.3, -0.25) is 10.1 Å². The van der Waals surface area contributed by atoms with E-state index in [1.165, 1.54) is 19.2 Å². The van der Waals surface area contributed by atoms with E-state index in [1.807, 2.05) is 0 Å². The molecule has 1 saturated heterocycles. The van der Waals surface area contributed by atoms with Crippen LogP contribution in [-0.2, 0) is 14.3 Å². The Morgan fingerprint density at radius 1 is 0.927 bits per heavy atom. The van der Waals surface area contributed by atoms with Crippen LogP contribution >= 0.6 is 11.6 Å². The van der Waals surface area contributed by atoms with Crippen LogP contribution in [0.15, 0.2) is 4.99 Å². The molecule has 10 atom stereocenters. The zero-order chi connectivity index (χ0) is 29.9. The molecule has 4 aliphatic rings. The number of ether oxygens (including phenoxy) is 2. The maximum Gasteiger partial charge on any atom is 0.405 e. The van der Waals surface area contributed by atoms with Crippen molar-refractivity contribution in [2.75, 3.05) is 14.2 Å². The molecule has 0 aromatic carbocycles. The molecule has 15 heteroatoms. The van der Waals surface area contributed by atoms with Crippen molar-refractivity contribution in [1.29, 1.82) is 0 Å². The Hall–Kier alpha value is -1.35. The van der Waals surface area contributed by atoms with Crippen LogP contribution < -0.4 is 16.1 Å². The van der Waals surface area contributed by atoms with Crippen LogP contribution in [-0.4, -0.2) is 97.7 Å². The summed E-state index contributed by atoms with van der Waals surface area (Å²) in [6.07, 6.45) is -9.44. The van der Waals surface area contributed by atoms with Gasteiger partial charge in [0.2, 0.25) is 5.91 Å². The number of carbonyl (C=O) groups excluding carboxylic acids is 1. The van der Waals surface area contributed by atoms with E-state index in [0.717, 1.165) is 0 Å². The minimum absolute atomic E-state index is 0.0725. The molecular formula is C26H40ClF6N5O3. The van der Waals surface area contributed by atoms with Crippen molar-refractivity contribution < 1.29 is 40.6 Å². The largest absolute Gasteiger partial charge is 0.405 e. The molecule has 1 aliphatic heterocycles. The van der Waals surface area contributed by atoms with Gasteiger partial charge in [-0.1, -0.05) is 0 Å². The van der Waals surface area contributed by atoms with Crippen LogP contribution in [0.5, 0.6) is 0 Å². The van der Waals surface area contributed by atoms with Gasteiger partial charge in [0.05, 0.1) is 12.2 Å². The van der Waals surface area contributed by atoms with Crippen LogP contribution in [0.4, 0.5) is 26.3 Å². The lowest BCUT2D eigenvalue weighted by molar-refractivity contribution is -0.159. The summed E-state index contributed by atoms with van der Waals surface area (Å²) in [5.74, 6) is -1.60. The first-order chi connectivity index (χ1) is 19.4. The number of amides is 1. The van der Waals surface area contributed by atoms with E-state index >= 15 is 0 Å². The first kappa shape index (κ1) is 32.6. The first-order valence-corrected chi connectivity index (χ1v) is 14.7. The number of hydrogen-bond acceptors (Lipinski definition) is 6. The number of nitrogens with one attached hydrogen (secondary N) is 3. The predicted octanol–water partition coefficient (Wildman–Crippen LogP) is 4.07. The van der Waals surface area contributed by atoms with E-state index in [9.17, 15) is 31.1 Å². The number of aliphatic imine (C=N–C) groups is 1. The highest BCUT2D eigenvalue weighted by atomic mass is 35.5. The second-order valence-electron chi connectivity index (χ2n) is 11.7. The topological polar surface area (TPSA) is 87.2 Å². The molecule has 3 N–H and O–H groups in total. The maximum atomic E-state index is 14.3. The third-order valence-corrected chi connectivity index (χ3v) is 9.00. The zero-order valence-electron chi connectivity index (χ0n) is 23.2. The molecule has 0 aromatic rings. The second-order valence-corrected chi connectivity index (χ2v) is 12.3. The Labute approximate surface area is 241 Å². The van der Waals surface area contributed by atoms with Gasteiger partial charge in [-0.2, -0.15) is 13.2 Å². The zero-order valence-corrected chi connectivity index (χ0v) is 23.9. The lowest BCUT2D eigenvalue weighted by Crippen LogP contribution is -2.55. The highest BCUT2D eigenvalue weighted by Crippen LogP contribution is 2.36. The normalized spacial score (nSPS) is 41.3. The summed E-state index contributed by atoms with van der Waals surface area (Å²) >= 11 is 6.21. The fourth-order valence-electron chi connectivity index (χ4n) is 6.40. The van der Waals surface area contributed by atoms with E-state index < -0.39 is 72.6 Å². The quantitative estimate of drug-likeness (QED) is 0.180. The Kier molecular flexibility index (Phi) is 11.1. The van der Waals surface area contributed by atoms with E-state index in [4.69, 9.17) is 21.1 Å². The number of nitrogens with zero attached hydrogens (tertiary/aromatic N) is 2. The summed E-state index contributed by atoms with van der Waals surface area (Å²) in [7, 11) is 3.07. The fourth-order valence-corrected chi connectivity index (χ4v) is 6.81. The Bertz CT molecular complexity index is 897. The molecule has 41 heavy (non-hydrogen) atoms. The van der Waals surface area contributed by atoms with E-state index in [2.05, 4.69) is 21.1 Å². The molecule has 0 spiro atoms. The average molecular weight is 620 g/mol. The first-order valence-electron chi connectivity index (χ1n) is 14.2. The summed E-state index contributed by atoms with van der Waals surface area (Å²) in [6.45, 7) is 0. The lowest BCUT2D eigenvalue weighted by Gasteiger charge is -2.40. The standard InChI is InChI=1S/C26H40ClF6N5O3/c1-40-18-9-17(10-19(11-18)41-2)38-23(12-22(37-38)26(31,32)33)35-25(34-16-7-14(27)6-15(28)8-16)36-24(39)13-3-4-20(29)21(30)5-13/h13-23,37H,3-12H2,1-2H3,(H2,34,35,36,39). The van der Waals surface area contributed by atoms with Crippen molar-refractivity contribution >= 4 is 23.5 Å². The molecule has 3 aliphatic carbocycles. The van der Waals surface area contributed by atoms with Crippen LogP contribution in [0.2, 0.25) is 0 Å². The maximum absolute atomic E-state index is 14.3. The molecule has 10 unspecified atom stereocenters. The number of hydrogen-bond donors (Lipinski definition) is 3. The van der Waals surface area contributed by atoms with Crippen LogP contribution in [0.3, 0.4) is 0 Å². The third kappa shape index (κ3) is 8.61. The monoisotopic (exact) mass is 619 g/mol. The summed E-state index contributed by atoms with van der Waals surface area (Å²) in [5, 5.41) is 6.56. The van der Waals surface area contributed by atoms with Gasteiger partial charge in [-0.15, -0.1) is 11.6 Å². The number of alkyl halides is 7. The number of guanidine groups is 1. The summed E-state index contributed by atoms with van der Waals surface area (Å²) in [4.78, 5) is 17.6. The predicted molar refractivity (Wildman–Crippen MR) is 140 cm³/mol. The number of carbonyl (C=O) groups is 1. The van der Waals surface area contributed by atoms with E-state index in [0.29, 0.717) is 25.7 Å². The van der Waals surface area contributed by atoms with Gasteiger partial charge in [0, 0.05) is 44.0 Å². The van der Waals surface area contributed by atoms with Crippen molar-refractivity contribution in [3.63, 3.8) is 0 Å². The average Bonchev–Trinajstić information content (AvgIpc) is 3.33. The second kappa shape index (κ2) is 14.0. The highest BCUT2D eigenvalue weighted by molar-refractivity contribution is 6.20. The molecular weight excluding hydrogens is 580 g/mol. The van der Waals surface area contributed by atoms with Gasteiger partial charge >= 0.3 is 6.18 Å². The van der Waals surface area contributed by atoms with Crippen LogP contribution in [0, 0.1) is 5.92 Å². The molecule has 0 aromatic heterocycles. The van der Waals surface area contributed by atoms with Crippen molar-refractivity contribution in [3.05, 3.63) is 0 Å². The summed E-state index contributed by atoms with van der Waals surface area (Å²) in [5.41, 5.74) is 2.57. The Morgan fingerprint density at radius 3 is 2.20 bits per heavy atom. The lowest BCUT2D eigenvalue weighted by atomic mass is 9.86. The molecule has 236 valence electrons. The summed E-state index contributed by atoms with van der Waals surface area (Å²) in [6, 6.07) is -2.86. The number of rotatable bonds is 6. The van der Waals surface area contributed by atoms with Gasteiger partial charge in [-0.05, 0) is 57.8 Å². The van der Waals surface area contributed by atoms with Gasteiger partial charge in [0.1, 0.15) is 30.7 Å². The molecule has 3 saturated carbocycles. The molecule has 4 fully saturated rings. The minimum atomic E-state index is -4.56. The van der Waals surface area contributed by atoms with Crippen molar-refractivity contribution in [3.8, 4) is 0 Å². The van der Waals surface area contributed by atoms with Gasteiger partial charge in [0.25, 0.3) is 0 Å². The van der Waals surface area contributed by atoms with Crippen LogP contribution in [0.1, 0.15) is 64.2 Å². The number of hydrazine groups is 1. The Morgan fingerprint density at radius 2 is 1.61 bits per heavy atom. The molecule has 0 radical (unpaired) electrons. The van der Waals surface area contributed by atoms with Gasteiger partial charge < -0.3 is 14.8 Å². The SMILES string of the molecule is COC1CC(OC)CC(N2NC(C(F)(F)F)CC2/N=C(/NC(=O)C2CCC(F)C(F)C2)NC2CC(F)CC(Cl)C2)C1. The molecule has 8 nitrogen and oxygen atoms in total. The van der Waals surface area contributed by atoms with Crippen molar-refractivity contribution in [2.24, 2.45) is 10.9 Å². The molecule has 4 rings (SSSR count). The Balaban J connectivity index is 1.60. The smallest absolute Gasteiger partial charge is 0.381 e. The van der Waals surface area contributed by atoms with Crippen molar-refractivity contribution in [1.82, 2.24) is 21.1 Å². The number of halogens is 7. The van der Waals surface area contributed by atoms with Gasteiger partial charge in [0.15, 0.2) is 5.96 Å². The number of methoxy groups -OCH3 is 2. The molecule has 0 bridgehead atoms. The highest BCUT2D eigenvalue weighted by Gasteiger charge is 2.50. The third-order valence-electron chi connectivity index (χ3n) is 8.64. The van der Waals surface area contributed by atoms with Crippen molar-refractivity contribution in [2.45, 2.75) is 131 Å². The van der Waals surface area contributed by atoms with Gasteiger partial charge in [-0.25, -0.2) is 28.6 Å². The van der Waals surface area contributed by atoms with E-state index in [1.54, 1.807) is 0 Å². The molecule has 1 heterocycles. The fraction of sp³-hybridized carbons (Fsp3) is 0.923. The summed E-state index contributed by atoms with van der Waals surface area (Å²) < 4.78 is 94.7. The molecule has 1 amide bonds. The van der Waals surface area contributed by atoms with Crippen LogP contribution in [0.25, 0.3) is 0 Å². The van der Waals surface area contributed by atoms with E-state index in [-0.39, 0.29) is 50.3 Å². The minimum Gasteiger partial charge on any atom is -0.381 e.